The Morgan fingerprint density at radius 2 is 1.68 bits per heavy atom. The summed E-state index contributed by atoms with van der Waals surface area (Å²) in [6.07, 6.45) is 0. The molecule has 100 valence electrons. The fourth-order valence-electron chi connectivity index (χ4n) is 1.78. The minimum atomic E-state index is -0.417. The molecule has 0 N–H and O–H groups in total. The van der Waals surface area contributed by atoms with E-state index in [9.17, 15) is 8.78 Å². The van der Waals surface area contributed by atoms with Gasteiger partial charge in [0.25, 0.3) is 0 Å². The molecule has 5 heteroatoms. The van der Waals surface area contributed by atoms with E-state index >= 15 is 0 Å². The summed E-state index contributed by atoms with van der Waals surface area (Å²) in [7, 11) is 1.50. The third kappa shape index (κ3) is 3.07. The smallest absolute Gasteiger partial charge is 0.124 e. The molecule has 0 amide bonds. The maximum absolute atomic E-state index is 13.4. The zero-order valence-corrected chi connectivity index (χ0v) is 12.3. The van der Waals surface area contributed by atoms with Crippen molar-refractivity contribution in [1.82, 2.24) is 0 Å². The lowest BCUT2D eigenvalue weighted by Crippen LogP contribution is -1.99. The van der Waals surface area contributed by atoms with E-state index in [-0.39, 0.29) is 15.7 Å². The number of hydrogen-bond acceptors (Lipinski definition) is 1. The molecule has 0 aliphatic rings. The van der Waals surface area contributed by atoms with Crippen molar-refractivity contribution in [3.8, 4) is 5.75 Å². The van der Waals surface area contributed by atoms with Crippen molar-refractivity contribution in [2.75, 3.05) is 7.11 Å². The van der Waals surface area contributed by atoms with Crippen molar-refractivity contribution >= 4 is 27.5 Å². The zero-order chi connectivity index (χ0) is 14.0. The van der Waals surface area contributed by atoms with Crippen LogP contribution in [0.1, 0.15) is 16.0 Å². The van der Waals surface area contributed by atoms with Gasteiger partial charge < -0.3 is 4.74 Å². The fourth-order valence-corrected chi connectivity index (χ4v) is 2.94. The second-order valence-corrected chi connectivity index (χ2v) is 5.24. The van der Waals surface area contributed by atoms with Crippen molar-refractivity contribution in [3.05, 3.63) is 64.2 Å². The third-order valence-corrected chi connectivity index (χ3v) is 4.01. The normalized spacial score (nSPS) is 12.3. The van der Waals surface area contributed by atoms with Gasteiger partial charge in [-0.15, -0.1) is 0 Å². The summed E-state index contributed by atoms with van der Waals surface area (Å²) in [5.41, 5.74) is 1.24. The molecular weight excluding hydrogens is 338 g/mol. The van der Waals surface area contributed by atoms with Gasteiger partial charge in [0.15, 0.2) is 0 Å². The number of halogens is 4. The maximum Gasteiger partial charge on any atom is 0.124 e. The van der Waals surface area contributed by atoms with Crippen LogP contribution in [0.5, 0.6) is 5.75 Å². The summed E-state index contributed by atoms with van der Waals surface area (Å²) >= 11 is 9.45. The van der Waals surface area contributed by atoms with E-state index in [0.29, 0.717) is 16.9 Å². The van der Waals surface area contributed by atoms with Gasteiger partial charge in [-0.2, -0.15) is 0 Å². The molecule has 0 saturated heterocycles. The lowest BCUT2D eigenvalue weighted by atomic mass is 10.0. The van der Waals surface area contributed by atoms with Crippen molar-refractivity contribution < 1.29 is 13.5 Å². The summed E-state index contributed by atoms with van der Waals surface area (Å²) in [4.78, 5) is -0.383. The molecule has 0 aliphatic heterocycles. The number of rotatable bonds is 3. The van der Waals surface area contributed by atoms with E-state index < -0.39 is 5.82 Å². The van der Waals surface area contributed by atoms with Crippen LogP contribution in [0.2, 0.25) is 5.02 Å². The SMILES string of the molecule is COc1ccc(F)cc1C(Br)c1ccc(F)cc1Cl. The van der Waals surface area contributed by atoms with Crippen LogP contribution in [0.25, 0.3) is 0 Å². The molecule has 19 heavy (non-hydrogen) atoms. The van der Waals surface area contributed by atoms with Crippen LogP contribution >= 0.6 is 27.5 Å². The monoisotopic (exact) mass is 346 g/mol. The van der Waals surface area contributed by atoms with E-state index in [4.69, 9.17) is 16.3 Å². The quantitative estimate of drug-likeness (QED) is 0.701. The predicted molar refractivity (Wildman–Crippen MR) is 75.1 cm³/mol. The fraction of sp³-hybridized carbons (Fsp3) is 0.143. The minimum absolute atomic E-state index is 0.271. The van der Waals surface area contributed by atoms with Crippen LogP contribution < -0.4 is 4.74 Å². The Morgan fingerprint density at radius 3 is 2.32 bits per heavy atom. The number of methoxy groups -OCH3 is 1. The molecule has 0 aliphatic carbocycles. The minimum Gasteiger partial charge on any atom is -0.496 e. The Labute approximate surface area is 123 Å². The van der Waals surface area contributed by atoms with Crippen LogP contribution in [0.3, 0.4) is 0 Å². The van der Waals surface area contributed by atoms with Crippen molar-refractivity contribution in [2.24, 2.45) is 0 Å². The second-order valence-electron chi connectivity index (χ2n) is 3.91. The highest BCUT2D eigenvalue weighted by molar-refractivity contribution is 9.09. The van der Waals surface area contributed by atoms with Gasteiger partial charge in [-0.1, -0.05) is 33.6 Å². The molecule has 2 aromatic carbocycles. The molecule has 1 unspecified atom stereocenters. The summed E-state index contributed by atoms with van der Waals surface area (Å²) in [6.45, 7) is 0. The van der Waals surface area contributed by atoms with E-state index in [0.717, 1.165) is 0 Å². The molecule has 0 spiro atoms. The predicted octanol–water partition coefficient (Wildman–Crippen LogP) is 5.11. The lowest BCUT2D eigenvalue weighted by Gasteiger charge is -2.16. The van der Waals surface area contributed by atoms with Crippen molar-refractivity contribution in [2.45, 2.75) is 4.83 Å². The summed E-state index contributed by atoms with van der Waals surface area (Å²) in [6, 6.07) is 8.29. The van der Waals surface area contributed by atoms with Gasteiger partial charge >= 0.3 is 0 Å². The van der Waals surface area contributed by atoms with Gasteiger partial charge in [-0.05, 0) is 35.9 Å². The molecule has 2 rings (SSSR count). The van der Waals surface area contributed by atoms with Crippen LogP contribution in [0.15, 0.2) is 36.4 Å². The average molecular weight is 348 g/mol. The van der Waals surface area contributed by atoms with E-state index in [1.54, 1.807) is 6.07 Å². The summed E-state index contributed by atoms with van der Waals surface area (Å²) < 4.78 is 31.6. The van der Waals surface area contributed by atoms with Crippen LogP contribution in [0, 0.1) is 11.6 Å². The molecular formula is C14H10BrClF2O. The molecule has 0 aromatic heterocycles. The van der Waals surface area contributed by atoms with Gasteiger partial charge in [0.1, 0.15) is 17.4 Å². The Kier molecular flexibility index (Phi) is 4.42. The first-order valence-corrected chi connectivity index (χ1v) is 6.74. The summed E-state index contributed by atoms with van der Waals surface area (Å²) in [5, 5.41) is 0.271. The number of hydrogen-bond donors (Lipinski definition) is 0. The molecule has 2 aromatic rings. The molecule has 0 saturated carbocycles. The van der Waals surface area contributed by atoms with Gasteiger partial charge in [0.2, 0.25) is 0 Å². The molecule has 0 fully saturated rings. The second kappa shape index (κ2) is 5.88. The molecule has 1 atom stereocenters. The van der Waals surface area contributed by atoms with Crippen molar-refractivity contribution in [3.63, 3.8) is 0 Å². The van der Waals surface area contributed by atoms with Crippen molar-refractivity contribution in [1.29, 1.82) is 0 Å². The van der Waals surface area contributed by atoms with Crippen LogP contribution in [-0.2, 0) is 0 Å². The highest BCUT2D eigenvalue weighted by Crippen LogP contribution is 2.39. The lowest BCUT2D eigenvalue weighted by molar-refractivity contribution is 0.409. The maximum atomic E-state index is 13.4. The highest BCUT2D eigenvalue weighted by Gasteiger charge is 2.19. The Bertz CT molecular complexity index is 604. The van der Waals surface area contributed by atoms with Gasteiger partial charge in [0.05, 0.1) is 11.9 Å². The van der Waals surface area contributed by atoms with Crippen LogP contribution in [-0.4, -0.2) is 7.11 Å². The topological polar surface area (TPSA) is 9.23 Å². The Balaban J connectivity index is 2.49. The van der Waals surface area contributed by atoms with Gasteiger partial charge in [-0.25, -0.2) is 8.78 Å². The first-order valence-electron chi connectivity index (χ1n) is 5.45. The van der Waals surface area contributed by atoms with Gasteiger partial charge in [-0.3, -0.25) is 0 Å². The molecule has 0 radical (unpaired) electrons. The zero-order valence-electron chi connectivity index (χ0n) is 9.96. The highest BCUT2D eigenvalue weighted by atomic mass is 79.9. The van der Waals surface area contributed by atoms with Gasteiger partial charge in [0, 0.05) is 10.6 Å². The Hall–Kier alpha value is -1.13. The number of ether oxygens (including phenoxy) is 1. The molecule has 1 nitrogen and oxygen atoms in total. The largest absolute Gasteiger partial charge is 0.496 e. The van der Waals surface area contributed by atoms with E-state index in [2.05, 4.69) is 15.9 Å². The standard InChI is InChI=1S/C14H10BrClF2O/c1-19-13-5-3-8(17)6-11(13)14(15)10-4-2-9(18)7-12(10)16/h2-7,14H,1H3. The first-order chi connectivity index (χ1) is 9.02. The first kappa shape index (κ1) is 14.3. The average Bonchev–Trinajstić information content (AvgIpc) is 2.38. The van der Waals surface area contributed by atoms with E-state index in [1.165, 1.54) is 37.4 Å². The molecule has 0 heterocycles. The van der Waals surface area contributed by atoms with Crippen LogP contribution in [0.4, 0.5) is 8.78 Å². The van der Waals surface area contributed by atoms with E-state index in [1.807, 2.05) is 0 Å². The molecule has 0 bridgehead atoms. The number of alkyl halides is 1. The Morgan fingerprint density at radius 1 is 1.05 bits per heavy atom. The number of benzene rings is 2. The third-order valence-electron chi connectivity index (χ3n) is 2.70. The summed E-state index contributed by atoms with van der Waals surface area (Å²) in [5.74, 6) is -0.262.